The van der Waals surface area contributed by atoms with Crippen molar-refractivity contribution >= 4 is 35.6 Å². The lowest BCUT2D eigenvalue weighted by atomic mass is 9.85. The molecule has 1 aliphatic rings. The fourth-order valence-corrected chi connectivity index (χ4v) is 5.56. The Balaban J connectivity index is 2.19. The van der Waals surface area contributed by atoms with Gasteiger partial charge in [-0.15, -0.1) is 6.58 Å². The maximum Gasteiger partial charge on any atom is 0.407 e. The smallest absolute Gasteiger partial charge is 0.407 e. The first-order valence-corrected chi connectivity index (χ1v) is 16.9. The summed E-state index contributed by atoms with van der Waals surface area (Å²) < 4.78 is 5.28. The van der Waals surface area contributed by atoms with Gasteiger partial charge in [-0.05, 0) is 47.5 Å². The molecule has 0 aliphatic carbocycles. The molecule has 13 nitrogen and oxygen atoms in total. The van der Waals surface area contributed by atoms with E-state index in [-0.39, 0.29) is 49.8 Å². The molecule has 2 rings (SSSR count). The summed E-state index contributed by atoms with van der Waals surface area (Å²) in [5.74, 6) is -3.28. The quantitative estimate of drug-likeness (QED) is 0.130. The molecule has 272 valence electrons. The Kier molecular flexibility index (Phi) is 15.3. The number of ether oxygens (including phenoxy) is 1. The minimum absolute atomic E-state index is 0.0235. The molecule has 0 spiro atoms. The second-order valence-corrected chi connectivity index (χ2v) is 14.7. The van der Waals surface area contributed by atoms with Crippen molar-refractivity contribution in [3.63, 3.8) is 0 Å². The lowest BCUT2D eigenvalue weighted by Gasteiger charge is -2.36. The molecule has 13 heteroatoms. The third-order valence-electron chi connectivity index (χ3n) is 8.94. The summed E-state index contributed by atoms with van der Waals surface area (Å²) in [5, 5.41) is 11.1. The molecule has 0 aromatic heterocycles. The number of benzene rings is 1. The number of carbonyl (C=O) groups is 6. The Hall–Kier alpha value is -4.42. The van der Waals surface area contributed by atoms with Crippen LogP contribution in [0.3, 0.4) is 0 Å². The average Bonchev–Trinajstić information content (AvgIpc) is 3.49. The van der Waals surface area contributed by atoms with Crippen molar-refractivity contribution in [3.05, 3.63) is 48.6 Å². The third-order valence-corrected chi connectivity index (χ3v) is 8.94. The minimum atomic E-state index is -1.17. The van der Waals surface area contributed by atoms with E-state index in [1.807, 2.05) is 78.8 Å². The van der Waals surface area contributed by atoms with Crippen molar-refractivity contribution in [3.8, 4) is 0 Å². The Bertz CT molecular complexity index is 1330. The van der Waals surface area contributed by atoms with Gasteiger partial charge >= 0.3 is 12.1 Å². The van der Waals surface area contributed by atoms with Crippen molar-refractivity contribution < 1.29 is 33.5 Å². The summed E-state index contributed by atoms with van der Waals surface area (Å²) in [4.78, 5) is 79.6. The maximum atomic E-state index is 14.3. The van der Waals surface area contributed by atoms with Gasteiger partial charge in [0.25, 0.3) is 5.91 Å². The van der Waals surface area contributed by atoms with Crippen LogP contribution in [-0.4, -0.2) is 77.8 Å². The van der Waals surface area contributed by atoms with Gasteiger partial charge in [0.1, 0.15) is 18.7 Å². The van der Waals surface area contributed by atoms with Gasteiger partial charge in [0, 0.05) is 13.1 Å². The number of likely N-dealkylation sites (tertiary alicyclic amines) is 1. The first-order chi connectivity index (χ1) is 22.8. The molecule has 1 fully saturated rings. The van der Waals surface area contributed by atoms with E-state index >= 15 is 0 Å². The number of ketones is 1. The standard InChI is InChI=1S/C36H56N6O7/c1-10-23(6)16-26(29(43)31(37)44)39-32(45)28-17-25(21(2)3)19-42(28)33(46)30(36(7,8)9)41-34(47)40-27(22(4)5)18-38-35(48)49-20-24-14-12-11-13-15-24/h10-15,21-23,25-28,30H,1,16-20H2,2-9H3,(H2,37,44)(H,38,48)(H,39,45)(H2,40,41,47)/t23?,25-,26?,27+,28+,30-/m1/s1. The lowest BCUT2D eigenvalue weighted by molar-refractivity contribution is -0.143. The summed E-state index contributed by atoms with van der Waals surface area (Å²) in [5.41, 5.74) is 5.35. The molecule has 1 heterocycles. The number of primary amides is 1. The molecule has 0 bridgehead atoms. The highest BCUT2D eigenvalue weighted by Gasteiger charge is 2.46. The molecule has 0 radical (unpaired) electrons. The number of urea groups is 1. The topological polar surface area (TPSA) is 189 Å². The van der Waals surface area contributed by atoms with Crippen LogP contribution in [0.2, 0.25) is 0 Å². The van der Waals surface area contributed by atoms with Gasteiger partial charge in [-0.2, -0.15) is 0 Å². The summed E-state index contributed by atoms with van der Waals surface area (Å²) in [6.45, 7) is 19.2. The van der Waals surface area contributed by atoms with E-state index in [0.717, 1.165) is 5.56 Å². The highest BCUT2D eigenvalue weighted by molar-refractivity contribution is 6.37. The van der Waals surface area contributed by atoms with Gasteiger partial charge in [0.2, 0.25) is 17.6 Å². The number of hydrogen-bond acceptors (Lipinski definition) is 7. The van der Waals surface area contributed by atoms with E-state index in [2.05, 4.69) is 27.8 Å². The van der Waals surface area contributed by atoms with Gasteiger partial charge in [-0.1, -0.05) is 91.8 Å². The van der Waals surface area contributed by atoms with E-state index < -0.39 is 65.2 Å². The zero-order valence-corrected chi connectivity index (χ0v) is 30.2. The van der Waals surface area contributed by atoms with Gasteiger partial charge in [0.15, 0.2) is 0 Å². The molecule has 0 saturated carbocycles. The third kappa shape index (κ3) is 12.5. The summed E-state index contributed by atoms with van der Waals surface area (Å²) in [6.07, 6.45) is 1.44. The van der Waals surface area contributed by atoms with Crippen molar-refractivity contribution in [2.75, 3.05) is 13.1 Å². The molecular formula is C36H56N6O7. The van der Waals surface area contributed by atoms with Crippen LogP contribution in [-0.2, 0) is 30.5 Å². The summed E-state index contributed by atoms with van der Waals surface area (Å²) >= 11 is 0. The maximum absolute atomic E-state index is 14.3. The molecule has 6 N–H and O–H groups in total. The second kappa shape index (κ2) is 18.4. The molecular weight excluding hydrogens is 628 g/mol. The highest BCUT2D eigenvalue weighted by atomic mass is 16.5. The number of alkyl carbamates (subject to hydrolysis) is 1. The Morgan fingerprint density at radius 1 is 1.00 bits per heavy atom. The van der Waals surface area contributed by atoms with E-state index in [0.29, 0.717) is 6.42 Å². The van der Waals surface area contributed by atoms with Crippen molar-refractivity contribution in [2.24, 2.45) is 34.8 Å². The van der Waals surface area contributed by atoms with E-state index in [1.54, 1.807) is 13.0 Å². The zero-order valence-electron chi connectivity index (χ0n) is 30.2. The van der Waals surface area contributed by atoms with Crippen molar-refractivity contribution in [1.29, 1.82) is 0 Å². The second-order valence-electron chi connectivity index (χ2n) is 14.7. The molecule has 49 heavy (non-hydrogen) atoms. The van der Waals surface area contributed by atoms with Crippen LogP contribution in [0.25, 0.3) is 0 Å². The molecule has 1 saturated heterocycles. The van der Waals surface area contributed by atoms with E-state index in [1.165, 1.54) is 4.90 Å². The first-order valence-electron chi connectivity index (χ1n) is 16.9. The zero-order chi connectivity index (χ0) is 37.1. The number of nitrogens with one attached hydrogen (secondary N) is 4. The number of amides is 6. The van der Waals surface area contributed by atoms with Crippen LogP contribution in [0.1, 0.15) is 73.8 Å². The molecule has 6 atom stereocenters. The summed E-state index contributed by atoms with van der Waals surface area (Å²) in [6, 6.07) is 5.00. The predicted octanol–water partition coefficient (Wildman–Crippen LogP) is 3.28. The molecule has 2 unspecified atom stereocenters. The fraction of sp³-hybridized carbons (Fsp3) is 0.611. The number of rotatable bonds is 16. The minimum Gasteiger partial charge on any atom is -0.445 e. The van der Waals surface area contributed by atoms with Gasteiger partial charge in [-0.25, -0.2) is 9.59 Å². The van der Waals surface area contributed by atoms with E-state index in [4.69, 9.17) is 10.5 Å². The van der Waals surface area contributed by atoms with Crippen LogP contribution in [0.4, 0.5) is 9.59 Å². The Labute approximate surface area is 290 Å². The van der Waals surface area contributed by atoms with E-state index in [9.17, 15) is 28.8 Å². The largest absolute Gasteiger partial charge is 0.445 e. The molecule has 6 amide bonds. The number of carbonyl (C=O) groups excluding carboxylic acids is 6. The Morgan fingerprint density at radius 2 is 1.63 bits per heavy atom. The number of allylic oxidation sites excluding steroid dienone is 1. The number of hydrogen-bond donors (Lipinski definition) is 5. The number of nitrogens with zero attached hydrogens (tertiary/aromatic N) is 1. The van der Waals surface area contributed by atoms with Crippen molar-refractivity contribution in [2.45, 2.75) is 99.0 Å². The van der Waals surface area contributed by atoms with Crippen LogP contribution < -0.4 is 27.0 Å². The lowest BCUT2D eigenvalue weighted by Crippen LogP contribution is -2.61. The number of Topliss-reactive ketones (excluding diaryl/α,β-unsaturated/α-hetero) is 1. The molecule has 1 aromatic carbocycles. The molecule has 1 aromatic rings. The SMILES string of the molecule is C=CC(C)CC(NC(=O)[C@@H]1C[C@@H](C(C)C)CN1C(=O)[C@@H](NC(=O)N[C@@H](CNC(=O)OCc1ccccc1)C(C)C)C(C)(C)C)C(=O)C(N)=O. The summed E-state index contributed by atoms with van der Waals surface area (Å²) in [7, 11) is 0. The van der Waals surface area contributed by atoms with Crippen LogP contribution in [0.5, 0.6) is 0 Å². The van der Waals surface area contributed by atoms with Crippen LogP contribution in [0.15, 0.2) is 43.0 Å². The average molecular weight is 685 g/mol. The first kappa shape index (κ1) is 40.8. The molecule has 1 aliphatic heterocycles. The van der Waals surface area contributed by atoms with Crippen LogP contribution in [0, 0.1) is 29.1 Å². The van der Waals surface area contributed by atoms with Crippen molar-refractivity contribution in [1.82, 2.24) is 26.2 Å². The van der Waals surface area contributed by atoms with Crippen LogP contribution >= 0.6 is 0 Å². The van der Waals surface area contributed by atoms with Gasteiger partial charge < -0.3 is 36.6 Å². The monoisotopic (exact) mass is 684 g/mol. The van der Waals surface area contributed by atoms with Gasteiger partial charge in [-0.3, -0.25) is 19.2 Å². The van der Waals surface area contributed by atoms with Gasteiger partial charge in [0.05, 0.1) is 12.1 Å². The fourth-order valence-electron chi connectivity index (χ4n) is 5.56. The Morgan fingerprint density at radius 3 is 2.16 bits per heavy atom. The number of nitrogens with two attached hydrogens (primary N) is 1. The highest BCUT2D eigenvalue weighted by Crippen LogP contribution is 2.32. The normalized spacial score (nSPS) is 18.5. The predicted molar refractivity (Wildman–Crippen MR) is 187 cm³/mol.